The molecule has 1 aromatic carbocycles. The van der Waals surface area contributed by atoms with E-state index in [0.29, 0.717) is 32.6 Å². The minimum Gasteiger partial charge on any atom is -0.361 e. The molecule has 186 valence electrons. The molecule has 0 spiro atoms. The van der Waals surface area contributed by atoms with Crippen LogP contribution in [0.5, 0.6) is 0 Å². The third-order valence-electron chi connectivity index (χ3n) is 7.87. The zero-order valence-electron chi connectivity index (χ0n) is 20.0. The number of aromatic amines is 1. The van der Waals surface area contributed by atoms with Crippen molar-refractivity contribution in [1.29, 1.82) is 0 Å². The van der Waals surface area contributed by atoms with E-state index in [1.54, 1.807) is 12.1 Å². The second-order valence-corrected chi connectivity index (χ2v) is 10.1. The average molecular weight is 488 g/mol. The van der Waals surface area contributed by atoms with Crippen molar-refractivity contribution in [1.82, 2.24) is 24.7 Å². The highest BCUT2D eigenvalue weighted by Gasteiger charge is 2.39. The van der Waals surface area contributed by atoms with Gasteiger partial charge in [0.05, 0.1) is 0 Å². The topological polar surface area (TPSA) is 108 Å². The van der Waals surface area contributed by atoms with Crippen molar-refractivity contribution in [2.24, 2.45) is 5.92 Å². The number of hydrogen-bond acceptors (Lipinski definition) is 4. The molecule has 3 aliphatic heterocycles. The number of piperidine rings is 1. The summed E-state index contributed by atoms with van der Waals surface area (Å²) in [6, 6.07) is 12.2. The summed E-state index contributed by atoms with van der Waals surface area (Å²) in [6.07, 6.45) is 3.96. The van der Waals surface area contributed by atoms with Gasteiger partial charge in [-0.25, -0.2) is 4.79 Å². The number of fused-ring (bicyclic) bond motifs is 5. The minimum absolute atomic E-state index is 0.00396. The maximum absolute atomic E-state index is 13.1. The lowest BCUT2D eigenvalue weighted by Crippen LogP contribution is -2.49. The Hall–Kier alpha value is -3.88. The molecule has 4 amide bonds. The van der Waals surface area contributed by atoms with Crippen LogP contribution < -0.4 is 10.9 Å². The highest BCUT2D eigenvalue weighted by atomic mass is 16.2. The number of urea groups is 1. The van der Waals surface area contributed by atoms with Crippen LogP contribution >= 0.6 is 0 Å². The monoisotopic (exact) mass is 487 g/mol. The smallest absolute Gasteiger partial charge is 0.324 e. The average Bonchev–Trinajstić information content (AvgIpc) is 3.41. The summed E-state index contributed by atoms with van der Waals surface area (Å²) in [5.74, 6) is 0.142. The summed E-state index contributed by atoms with van der Waals surface area (Å²) in [7, 11) is 0. The first-order valence-electron chi connectivity index (χ1n) is 12.6. The lowest BCUT2D eigenvalue weighted by molar-refractivity contribution is -0.134. The van der Waals surface area contributed by atoms with Crippen LogP contribution in [0, 0.1) is 5.92 Å². The molecule has 2 fully saturated rings. The van der Waals surface area contributed by atoms with Gasteiger partial charge in [-0.2, -0.15) is 0 Å². The molecule has 3 aliphatic rings. The minimum atomic E-state index is -0.673. The number of likely N-dealkylation sites (tertiary alicyclic amines) is 1. The second kappa shape index (κ2) is 8.96. The van der Waals surface area contributed by atoms with Gasteiger partial charge in [0.25, 0.3) is 11.5 Å². The molecule has 6 rings (SSSR count). The third kappa shape index (κ3) is 3.98. The van der Waals surface area contributed by atoms with Crippen molar-refractivity contribution in [3.05, 3.63) is 70.3 Å². The van der Waals surface area contributed by atoms with E-state index in [4.69, 9.17) is 0 Å². The quantitative estimate of drug-likeness (QED) is 0.520. The number of pyridine rings is 1. The van der Waals surface area contributed by atoms with E-state index in [1.165, 1.54) is 4.90 Å². The number of para-hydroxylation sites is 1. The van der Waals surface area contributed by atoms with Crippen molar-refractivity contribution >= 4 is 28.7 Å². The molecule has 36 heavy (non-hydrogen) atoms. The van der Waals surface area contributed by atoms with Gasteiger partial charge in [0.2, 0.25) is 5.91 Å². The number of amides is 4. The van der Waals surface area contributed by atoms with Gasteiger partial charge >= 0.3 is 6.03 Å². The lowest BCUT2D eigenvalue weighted by atomic mass is 9.83. The van der Waals surface area contributed by atoms with Crippen molar-refractivity contribution in [2.45, 2.75) is 44.2 Å². The molecule has 2 saturated heterocycles. The van der Waals surface area contributed by atoms with Crippen LogP contribution in [0.3, 0.4) is 0 Å². The highest BCUT2D eigenvalue weighted by molar-refractivity contribution is 6.04. The van der Waals surface area contributed by atoms with Gasteiger partial charge in [-0.3, -0.25) is 19.3 Å². The summed E-state index contributed by atoms with van der Waals surface area (Å²) in [4.78, 5) is 57.1. The molecule has 0 aliphatic carbocycles. The Morgan fingerprint density at radius 1 is 1.00 bits per heavy atom. The number of imide groups is 1. The first-order valence-corrected chi connectivity index (χ1v) is 12.6. The van der Waals surface area contributed by atoms with Crippen molar-refractivity contribution in [3.8, 4) is 0 Å². The predicted molar refractivity (Wildman–Crippen MR) is 133 cm³/mol. The van der Waals surface area contributed by atoms with Gasteiger partial charge in [-0.05, 0) is 42.9 Å². The Balaban J connectivity index is 1.05. The number of carbonyl (C=O) groups is 3. The molecule has 9 heteroatoms. The molecule has 0 radical (unpaired) electrons. The number of H-pyrrole nitrogens is 1. The van der Waals surface area contributed by atoms with Crippen LogP contribution in [-0.2, 0) is 22.6 Å². The Morgan fingerprint density at radius 2 is 1.86 bits per heavy atom. The molecule has 0 saturated carbocycles. The van der Waals surface area contributed by atoms with E-state index < -0.39 is 12.1 Å². The van der Waals surface area contributed by atoms with Crippen LogP contribution in [0.25, 0.3) is 10.9 Å². The highest BCUT2D eigenvalue weighted by Crippen LogP contribution is 2.35. The zero-order chi connectivity index (χ0) is 24.8. The van der Waals surface area contributed by atoms with Gasteiger partial charge in [-0.1, -0.05) is 24.3 Å². The summed E-state index contributed by atoms with van der Waals surface area (Å²) in [6.45, 7) is 2.14. The number of aromatic nitrogens is 2. The van der Waals surface area contributed by atoms with Gasteiger partial charge in [0, 0.05) is 67.4 Å². The number of carbonyl (C=O) groups excluding carboxylic acids is 3. The fourth-order valence-electron chi connectivity index (χ4n) is 6.08. The Kier molecular flexibility index (Phi) is 5.62. The van der Waals surface area contributed by atoms with Gasteiger partial charge in [0.1, 0.15) is 6.04 Å². The number of nitrogens with one attached hydrogen (secondary N) is 2. The van der Waals surface area contributed by atoms with Crippen LogP contribution in [0.15, 0.2) is 53.5 Å². The molecule has 0 unspecified atom stereocenters. The van der Waals surface area contributed by atoms with E-state index in [2.05, 4.69) is 10.3 Å². The van der Waals surface area contributed by atoms with Gasteiger partial charge in [-0.15, -0.1) is 0 Å². The number of rotatable bonds is 6. The number of benzene rings is 1. The van der Waals surface area contributed by atoms with Crippen LogP contribution in [0.1, 0.15) is 36.4 Å². The van der Waals surface area contributed by atoms with E-state index in [1.807, 2.05) is 46.0 Å². The van der Waals surface area contributed by atoms with E-state index in [-0.39, 0.29) is 42.1 Å². The maximum atomic E-state index is 13.1. The molecular formula is C27H29N5O4. The zero-order valence-corrected chi connectivity index (χ0v) is 20.0. The number of hydrogen-bond donors (Lipinski definition) is 2. The first kappa shape index (κ1) is 22.6. The largest absolute Gasteiger partial charge is 0.361 e. The van der Waals surface area contributed by atoms with Crippen LogP contribution in [0.2, 0.25) is 0 Å². The fourth-order valence-corrected chi connectivity index (χ4v) is 6.08. The van der Waals surface area contributed by atoms with E-state index in [9.17, 15) is 19.2 Å². The summed E-state index contributed by atoms with van der Waals surface area (Å²) in [5.41, 5.74) is 3.11. The Morgan fingerprint density at radius 3 is 2.75 bits per heavy atom. The molecule has 3 atom stereocenters. The van der Waals surface area contributed by atoms with Crippen LogP contribution in [0.4, 0.5) is 4.79 Å². The Labute approximate surface area is 208 Å². The summed E-state index contributed by atoms with van der Waals surface area (Å²) in [5, 5.41) is 3.85. The molecule has 2 bridgehead atoms. The molecule has 3 aromatic rings. The van der Waals surface area contributed by atoms with Crippen molar-refractivity contribution in [3.63, 3.8) is 0 Å². The second-order valence-electron chi connectivity index (χ2n) is 10.1. The molecule has 5 heterocycles. The normalized spacial score (nSPS) is 23.2. The van der Waals surface area contributed by atoms with Crippen molar-refractivity contribution < 1.29 is 14.4 Å². The van der Waals surface area contributed by atoms with Crippen molar-refractivity contribution in [2.75, 3.05) is 19.6 Å². The fraction of sp³-hybridized carbons (Fsp3) is 0.407. The Bertz CT molecular complexity index is 1410. The molecule has 2 aromatic heterocycles. The molecule has 9 nitrogen and oxygen atoms in total. The predicted octanol–water partition coefficient (Wildman–Crippen LogP) is 2.22. The molecular weight excluding hydrogens is 458 g/mol. The maximum Gasteiger partial charge on any atom is 0.324 e. The van der Waals surface area contributed by atoms with E-state index >= 15 is 0 Å². The summed E-state index contributed by atoms with van der Waals surface area (Å²) < 4.78 is 1.85. The lowest BCUT2D eigenvalue weighted by Gasteiger charge is -2.42. The third-order valence-corrected chi connectivity index (χ3v) is 7.87. The van der Waals surface area contributed by atoms with Gasteiger partial charge < -0.3 is 19.8 Å². The first-order chi connectivity index (χ1) is 17.5. The SMILES string of the molecule is O=C(CC[C@H]1NC(=O)N(CCc2c[nH]c3ccccc23)C1=O)N1C[C@H]2C[C@@H](C1)c1cccc(=O)n1C2. The van der Waals surface area contributed by atoms with E-state index in [0.717, 1.165) is 28.6 Å². The number of nitrogens with zero attached hydrogens (tertiary/aromatic N) is 3. The standard InChI is InChI=1S/C27H29N5O4/c33-24(30-14-17-12-19(16-30)23-6-3-7-25(34)32(23)15-17)9-8-22-26(35)31(27(36)29-22)11-10-18-13-28-21-5-2-1-4-20(18)21/h1-7,13,17,19,22,28H,8-12,14-16H2,(H,29,36)/t17-,19+,22-/m1/s1. The molecule has 2 N–H and O–H groups in total. The van der Waals surface area contributed by atoms with Gasteiger partial charge in [0.15, 0.2) is 0 Å². The van der Waals surface area contributed by atoms with Crippen LogP contribution in [-0.4, -0.2) is 62.9 Å². The summed E-state index contributed by atoms with van der Waals surface area (Å²) >= 11 is 0.